The van der Waals surface area contributed by atoms with Gasteiger partial charge in [0.05, 0.1) is 0 Å². The molecule has 0 spiro atoms. The van der Waals surface area contributed by atoms with Crippen molar-refractivity contribution in [3.8, 4) is 0 Å². The molecular weight excluding hydrogens is 254 g/mol. The molecule has 0 aromatic heterocycles. The molecule has 1 rings (SSSR count). The number of hydrogen-bond acceptors (Lipinski definition) is 2. The lowest BCUT2D eigenvalue weighted by Gasteiger charge is -2.10. The van der Waals surface area contributed by atoms with E-state index in [1.165, 1.54) is 16.7 Å². The Morgan fingerprint density at radius 3 is 2.30 bits per heavy atom. The number of carbonyl (C=O) groups excluding carboxylic acids is 1. The molecule has 0 heterocycles. The number of aliphatic carboxylic acids is 1. The van der Waals surface area contributed by atoms with Gasteiger partial charge in [0.15, 0.2) is 0 Å². The van der Waals surface area contributed by atoms with Crippen molar-refractivity contribution < 1.29 is 14.7 Å². The monoisotopic (exact) mass is 277 g/mol. The quantitative estimate of drug-likeness (QED) is 0.718. The summed E-state index contributed by atoms with van der Waals surface area (Å²) in [4.78, 5) is 21.9. The molecule has 1 amide bonds. The molecule has 2 N–H and O–H groups in total. The van der Waals surface area contributed by atoms with Crippen molar-refractivity contribution in [2.24, 2.45) is 0 Å². The maximum Gasteiger partial charge on any atom is 0.303 e. The van der Waals surface area contributed by atoms with Gasteiger partial charge >= 0.3 is 5.97 Å². The summed E-state index contributed by atoms with van der Waals surface area (Å²) in [6, 6.07) is 6.20. The summed E-state index contributed by atoms with van der Waals surface area (Å²) in [7, 11) is 0. The Balaban J connectivity index is 2.23. The van der Waals surface area contributed by atoms with Crippen molar-refractivity contribution in [1.82, 2.24) is 5.32 Å². The summed E-state index contributed by atoms with van der Waals surface area (Å²) in [5.74, 6) is -0.804. The molecule has 110 valence electrons. The SMILES string of the molecule is Cc1cccc(C)c1CCNC(=O)CCCCC(=O)O. The van der Waals surface area contributed by atoms with E-state index < -0.39 is 5.97 Å². The second-order valence-electron chi connectivity index (χ2n) is 5.07. The van der Waals surface area contributed by atoms with Gasteiger partial charge in [0, 0.05) is 19.4 Å². The van der Waals surface area contributed by atoms with E-state index in [1.807, 2.05) is 6.07 Å². The fourth-order valence-electron chi connectivity index (χ4n) is 2.22. The molecule has 0 aliphatic carbocycles. The first-order valence-electron chi connectivity index (χ1n) is 7.04. The lowest BCUT2D eigenvalue weighted by molar-refractivity contribution is -0.137. The van der Waals surface area contributed by atoms with Crippen LogP contribution < -0.4 is 5.32 Å². The molecule has 0 aliphatic heterocycles. The van der Waals surface area contributed by atoms with Crippen LogP contribution in [0.15, 0.2) is 18.2 Å². The summed E-state index contributed by atoms with van der Waals surface area (Å²) in [6.45, 7) is 4.79. The van der Waals surface area contributed by atoms with E-state index in [1.54, 1.807) is 0 Å². The third-order valence-electron chi connectivity index (χ3n) is 3.39. The number of carbonyl (C=O) groups is 2. The van der Waals surface area contributed by atoms with Crippen LogP contribution in [0.5, 0.6) is 0 Å². The molecule has 1 aromatic carbocycles. The van der Waals surface area contributed by atoms with Gasteiger partial charge < -0.3 is 10.4 Å². The van der Waals surface area contributed by atoms with Crippen LogP contribution in [0.1, 0.15) is 42.4 Å². The number of rotatable bonds is 8. The standard InChI is InChI=1S/C16H23NO3/c1-12-6-5-7-13(2)14(12)10-11-17-15(18)8-3-4-9-16(19)20/h5-7H,3-4,8-11H2,1-2H3,(H,17,18)(H,19,20). The number of hydrogen-bond donors (Lipinski definition) is 2. The number of amides is 1. The Morgan fingerprint density at radius 2 is 1.70 bits per heavy atom. The highest BCUT2D eigenvalue weighted by atomic mass is 16.4. The Labute approximate surface area is 120 Å². The Bertz CT molecular complexity index is 449. The lowest BCUT2D eigenvalue weighted by Crippen LogP contribution is -2.25. The molecule has 1 aromatic rings. The number of aryl methyl sites for hydroxylation is 2. The average molecular weight is 277 g/mol. The summed E-state index contributed by atoms with van der Waals surface area (Å²) in [5, 5.41) is 11.4. The Kier molecular flexibility index (Phi) is 6.77. The minimum atomic E-state index is -0.805. The second kappa shape index (κ2) is 8.35. The Hall–Kier alpha value is -1.84. The van der Waals surface area contributed by atoms with E-state index in [4.69, 9.17) is 5.11 Å². The molecule has 0 radical (unpaired) electrons. The van der Waals surface area contributed by atoms with Gasteiger partial charge in [-0.05, 0) is 49.8 Å². The van der Waals surface area contributed by atoms with E-state index in [0.29, 0.717) is 25.8 Å². The van der Waals surface area contributed by atoms with E-state index in [-0.39, 0.29) is 12.3 Å². The molecule has 0 saturated carbocycles. The third kappa shape index (κ3) is 5.87. The number of unbranched alkanes of at least 4 members (excludes halogenated alkanes) is 1. The fraction of sp³-hybridized carbons (Fsp3) is 0.500. The highest BCUT2D eigenvalue weighted by Crippen LogP contribution is 2.13. The van der Waals surface area contributed by atoms with Crippen LogP contribution in [0, 0.1) is 13.8 Å². The molecule has 4 heteroatoms. The molecule has 0 bridgehead atoms. The van der Waals surface area contributed by atoms with Crippen molar-refractivity contribution in [3.63, 3.8) is 0 Å². The molecule has 0 unspecified atom stereocenters. The van der Waals surface area contributed by atoms with Gasteiger partial charge in [0.1, 0.15) is 0 Å². The minimum absolute atomic E-state index is 0.00151. The normalized spacial score (nSPS) is 10.3. The van der Waals surface area contributed by atoms with Gasteiger partial charge in [-0.3, -0.25) is 9.59 Å². The maximum absolute atomic E-state index is 11.6. The average Bonchev–Trinajstić information content (AvgIpc) is 2.38. The van der Waals surface area contributed by atoms with Crippen LogP contribution in [0.25, 0.3) is 0 Å². The van der Waals surface area contributed by atoms with Crippen molar-refractivity contribution in [2.75, 3.05) is 6.54 Å². The van der Waals surface area contributed by atoms with Crippen LogP contribution in [0.4, 0.5) is 0 Å². The predicted molar refractivity (Wildman–Crippen MR) is 78.7 cm³/mol. The smallest absolute Gasteiger partial charge is 0.303 e. The van der Waals surface area contributed by atoms with Gasteiger partial charge in [-0.15, -0.1) is 0 Å². The van der Waals surface area contributed by atoms with Crippen LogP contribution in [-0.2, 0) is 16.0 Å². The number of carboxylic acid groups (broad SMARTS) is 1. The van der Waals surface area contributed by atoms with Crippen molar-refractivity contribution in [3.05, 3.63) is 34.9 Å². The van der Waals surface area contributed by atoms with Crippen LogP contribution >= 0.6 is 0 Å². The van der Waals surface area contributed by atoms with E-state index in [2.05, 4.69) is 31.3 Å². The lowest BCUT2D eigenvalue weighted by atomic mass is 10.0. The highest BCUT2D eigenvalue weighted by molar-refractivity contribution is 5.75. The predicted octanol–water partition coefficient (Wildman–Crippen LogP) is 2.61. The molecule has 0 saturated heterocycles. The number of carboxylic acids is 1. The van der Waals surface area contributed by atoms with Gasteiger partial charge in [-0.2, -0.15) is 0 Å². The molecular formula is C16H23NO3. The van der Waals surface area contributed by atoms with Crippen LogP contribution in [-0.4, -0.2) is 23.5 Å². The topological polar surface area (TPSA) is 66.4 Å². The molecule has 0 aliphatic rings. The minimum Gasteiger partial charge on any atom is -0.481 e. The molecule has 0 fully saturated rings. The maximum atomic E-state index is 11.6. The summed E-state index contributed by atoms with van der Waals surface area (Å²) >= 11 is 0. The highest BCUT2D eigenvalue weighted by Gasteiger charge is 2.05. The summed E-state index contributed by atoms with van der Waals surface area (Å²) < 4.78 is 0. The van der Waals surface area contributed by atoms with Crippen molar-refractivity contribution >= 4 is 11.9 Å². The van der Waals surface area contributed by atoms with Gasteiger partial charge in [-0.1, -0.05) is 18.2 Å². The van der Waals surface area contributed by atoms with E-state index >= 15 is 0 Å². The summed E-state index contributed by atoms with van der Waals surface area (Å²) in [5.41, 5.74) is 3.79. The van der Waals surface area contributed by atoms with E-state index in [9.17, 15) is 9.59 Å². The first-order chi connectivity index (χ1) is 9.50. The summed E-state index contributed by atoms with van der Waals surface area (Å²) in [6.07, 6.45) is 2.55. The van der Waals surface area contributed by atoms with Gasteiger partial charge in [-0.25, -0.2) is 0 Å². The first-order valence-corrected chi connectivity index (χ1v) is 7.04. The molecule has 20 heavy (non-hydrogen) atoms. The number of nitrogens with one attached hydrogen (secondary N) is 1. The zero-order valence-electron chi connectivity index (χ0n) is 12.2. The molecule has 0 atom stereocenters. The van der Waals surface area contributed by atoms with E-state index in [0.717, 1.165) is 6.42 Å². The zero-order chi connectivity index (χ0) is 15.0. The fourth-order valence-corrected chi connectivity index (χ4v) is 2.22. The zero-order valence-corrected chi connectivity index (χ0v) is 12.2. The first kappa shape index (κ1) is 16.2. The third-order valence-corrected chi connectivity index (χ3v) is 3.39. The molecule has 4 nitrogen and oxygen atoms in total. The van der Waals surface area contributed by atoms with Gasteiger partial charge in [0.25, 0.3) is 0 Å². The van der Waals surface area contributed by atoms with Crippen LogP contribution in [0.3, 0.4) is 0 Å². The Morgan fingerprint density at radius 1 is 1.10 bits per heavy atom. The van der Waals surface area contributed by atoms with Crippen LogP contribution in [0.2, 0.25) is 0 Å². The van der Waals surface area contributed by atoms with Gasteiger partial charge in [0.2, 0.25) is 5.91 Å². The van der Waals surface area contributed by atoms with Crippen molar-refractivity contribution in [2.45, 2.75) is 46.0 Å². The largest absolute Gasteiger partial charge is 0.481 e. The second-order valence-corrected chi connectivity index (χ2v) is 5.07. The van der Waals surface area contributed by atoms with Crippen molar-refractivity contribution in [1.29, 1.82) is 0 Å². The number of benzene rings is 1.